The summed E-state index contributed by atoms with van der Waals surface area (Å²) < 4.78 is 4.97. The molecule has 1 amide bonds. The van der Waals surface area contributed by atoms with Gasteiger partial charge in [0.1, 0.15) is 6.61 Å². The Balaban J connectivity index is 1.76. The van der Waals surface area contributed by atoms with E-state index in [0.29, 0.717) is 23.9 Å². The molecule has 4 aliphatic rings. The van der Waals surface area contributed by atoms with Crippen LogP contribution in [0.5, 0.6) is 0 Å². The molecule has 0 aromatic rings. The number of ketones is 2. The van der Waals surface area contributed by atoms with E-state index in [1.54, 1.807) is 6.92 Å². The Morgan fingerprint density at radius 3 is 2.65 bits per heavy atom. The summed E-state index contributed by atoms with van der Waals surface area (Å²) in [4.78, 5) is 40.5. The molecular weight excluding hydrogens is 300 g/mol. The molecule has 23 heavy (non-hydrogen) atoms. The lowest BCUT2D eigenvalue weighted by Crippen LogP contribution is -2.40. The van der Waals surface area contributed by atoms with Gasteiger partial charge in [0, 0.05) is 35.7 Å². The maximum Gasteiger partial charge on any atom is 0.404 e. The highest BCUT2D eigenvalue weighted by atomic mass is 16.5. The highest BCUT2D eigenvalue weighted by Crippen LogP contribution is 2.51. The van der Waals surface area contributed by atoms with E-state index >= 15 is 0 Å². The van der Waals surface area contributed by atoms with Gasteiger partial charge in [0.2, 0.25) is 11.6 Å². The highest BCUT2D eigenvalue weighted by molar-refractivity contribution is 6.25. The first-order chi connectivity index (χ1) is 10.8. The van der Waals surface area contributed by atoms with Gasteiger partial charge in [-0.3, -0.25) is 14.5 Å². The molecule has 1 aliphatic carbocycles. The van der Waals surface area contributed by atoms with Gasteiger partial charge in [0.25, 0.3) is 0 Å². The number of carbonyl (C=O) groups is 3. The van der Waals surface area contributed by atoms with Gasteiger partial charge in [-0.1, -0.05) is 0 Å². The lowest BCUT2D eigenvalue weighted by molar-refractivity contribution is -0.117. The second-order valence-corrected chi connectivity index (χ2v) is 6.56. The maximum absolute atomic E-state index is 12.7. The molecule has 3 aliphatic heterocycles. The average molecular weight is 318 g/mol. The van der Waals surface area contributed by atoms with E-state index in [0.717, 1.165) is 0 Å². The number of primary amides is 1. The number of Topliss-reactive ketones (excluding diaryl/α,β-unsaturated/α-hetero) is 2. The highest BCUT2D eigenvalue weighted by Gasteiger charge is 2.65. The lowest BCUT2D eigenvalue weighted by atomic mass is 9.84. The molecular formula is C15H18N4O4. The molecule has 3 heterocycles. The zero-order valence-electron chi connectivity index (χ0n) is 12.9. The molecule has 0 aromatic carbocycles. The van der Waals surface area contributed by atoms with Crippen molar-refractivity contribution < 1.29 is 19.1 Å². The van der Waals surface area contributed by atoms with Crippen molar-refractivity contribution in [2.24, 2.45) is 17.4 Å². The van der Waals surface area contributed by atoms with Crippen molar-refractivity contribution in [1.82, 2.24) is 9.80 Å². The van der Waals surface area contributed by atoms with Gasteiger partial charge in [-0.2, -0.15) is 0 Å². The van der Waals surface area contributed by atoms with Crippen molar-refractivity contribution in [2.75, 3.05) is 20.2 Å². The largest absolute Gasteiger partial charge is 0.449 e. The number of nitrogens with two attached hydrogens (primary N) is 2. The first-order valence-electron chi connectivity index (χ1n) is 7.55. The zero-order valence-corrected chi connectivity index (χ0v) is 12.9. The van der Waals surface area contributed by atoms with E-state index in [2.05, 4.69) is 4.90 Å². The summed E-state index contributed by atoms with van der Waals surface area (Å²) in [5, 5.41) is 0. The first-order valence-corrected chi connectivity index (χ1v) is 7.55. The van der Waals surface area contributed by atoms with Gasteiger partial charge in [-0.25, -0.2) is 4.79 Å². The average Bonchev–Trinajstić information content (AvgIpc) is 2.87. The Kier molecular flexibility index (Phi) is 2.69. The van der Waals surface area contributed by atoms with E-state index in [1.165, 1.54) is 0 Å². The third kappa shape index (κ3) is 1.66. The Morgan fingerprint density at radius 1 is 1.30 bits per heavy atom. The fourth-order valence-electron chi connectivity index (χ4n) is 4.34. The number of likely N-dealkylation sites (N-methyl/N-ethyl adjacent to an activating group) is 1. The predicted molar refractivity (Wildman–Crippen MR) is 78.8 cm³/mol. The fraction of sp³-hybridized carbons (Fsp3) is 0.533. The molecule has 0 saturated carbocycles. The number of ether oxygens (including phenoxy) is 1. The second-order valence-electron chi connectivity index (χ2n) is 6.56. The summed E-state index contributed by atoms with van der Waals surface area (Å²) in [5.41, 5.74) is 12.0. The lowest BCUT2D eigenvalue weighted by Gasteiger charge is -2.28. The van der Waals surface area contributed by atoms with Crippen molar-refractivity contribution in [3.63, 3.8) is 0 Å². The molecule has 8 nitrogen and oxygen atoms in total. The molecule has 5 unspecified atom stereocenters. The van der Waals surface area contributed by atoms with Crippen LogP contribution in [0.25, 0.3) is 0 Å². The zero-order chi connectivity index (χ0) is 16.6. The van der Waals surface area contributed by atoms with Crippen molar-refractivity contribution in [2.45, 2.75) is 25.0 Å². The van der Waals surface area contributed by atoms with E-state index < -0.39 is 6.09 Å². The topological polar surface area (TPSA) is 119 Å². The normalized spacial score (nSPS) is 37.8. The van der Waals surface area contributed by atoms with Crippen LogP contribution in [0.15, 0.2) is 22.5 Å². The standard InChI is InChI=1S/C15H18N4O4/c1-5-9(16)14(21)8-6(4-23-15(17)22)10-11-7(18(11)2)3-19(10)12(8)13(5)20/h6-7,10-11H,3-4,16H2,1-2H3,(H2,17,22). The van der Waals surface area contributed by atoms with E-state index in [4.69, 9.17) is 16.2 Å². The third-order valence-electron chi connectivity index (χ3n) is 5.57. The molecule has 2 fully saturated rings. The number of amides is 1. The molecule has 0 aromatic heterocycles. The van der Waals surface area contributed by atoms with E-state index in [9.17, 15) is 14.4 Å². The smallest absolute Gasteiger partial charge is 0.404 e. The van der Waals surface area contributed by atoms with Crippen LogP contribution in [0.4, 0.5) is 4.79 Å². The fourth-order valence-corrected chi connectivity index (χ4v) is 4.34. The predicted octanol–water partition coefficient (Wildman–Crippen LogP) is -1.28. The SMILES string of the molecule is CC1=C(N)C(=O)C2=C(C1=O)N1CC3C(C1C2COC(N)=O)N3C. The summed E-state index contributed by atoms with van der Waals surface area (Å²) in [6, 6.07) is 0.571. The molecule has 122 valence electrons. The number of nitrogens with zero attached hydrogens (tertiary/aromatic N) is 2. The molecule has 5 atom stereocenters. The third-order valence-corrected chi connectivity index (χ3v) is 5.57. The van der Waals surface area contributed by atoms with Crippen LogP contribution in [0.1, 0.15) is 6.92 Å². The minimum Gasteiger partial charge on any atom is -0.449 e. The van der Waals surface area contributed by atoms with Crippen LogP contribution in [0.3, 0.4) is 0 Å². The van der Waals surface area contributed by atoms with Crippen LogP contribution in [-0.2, 0) is 14.3 Å². The van der Waals surface area contributed by atoms with Crippen LogP contribution < -0.4 is 11.5 Å². The first kappa shape index (κ1) is 14.3. The van der Waals surface area contributed by atoms with Gasteiger partial charge in [0.15, 0.2) is 0 Å². The number of allylic oxidation sites excluding steroid dienone is 2. The molecule has 0 radical (unpaired) electrons. The molecule has 2 saturated heterocycles. The van der Waals surface area contributed by atoms with Crippen molar-refractivity contribution >= 4 is 17.7 Å². The minimum absolute atomic E-state index is 0.0142. The summed E-state index contributed by atoms with van der Waals surface area (Å²) in [6.45, 7) is 2.26. The molecule has 0 bridgehead atoms. The number of fused-ring (bicyclic) bond motifs is 4. The monoisotopic (exact) mass is 318 g/mol. The minimum atomic E-state index is -0.890. The number of carbonyl (C=O) groups excluding carboxylic acids is 3. The summed E-state index contributed by atoms with van der Waals surface area (Å²) in [6.07, 6.45) is -0.890. The summed E-state index contributed by atoms with van der Waals surface area (Å²) >= 11 is 0. The molecule has 8 heteroatoms. The van der Waals surface area contributed by atoms with E-state index in [1.807, 2.05) is 11.9 Å². The molecule has 4 N–H and O–H groups in total. The van der Waals surface area contributed by atoms with Crippen LogP contribution in [0, 0.1) is 5.92 Å². The van der Waals surface area contributed by atoms with Crippen LogP contribution >= 0.6 is 0 Å². The van der Waals surface area contributed by atoms with Crippen molar-refractivity contribution in [3.05, 3.63) is 22.5 Å². The molecule has 4 rings (SSSR count). The van der Waals surface area contributed by atoms with Crippen molar-refractivity contribution in [1.29, 1.82) is 0 Å². The van der Waals surface area contributed by atoms with Crippen LogP contribution in [0.2, 0.25) is 0 Å². The van der Waals surface area contributed by atoms with E-state index in [-0.39, 0.29) is 47.4 Å². The Labute approximate surface area is 132 Å². The van der Waals surface area contributed by atoms with Gasteiger partial charge < -0.3 is 21.1 Å². The second kappa shape index (κ2) is 4.35. The summed E-state index contributed by atoms with van der Waals surface area (Å²) in [5.74, 6) is -0.905. The number of hydrogen-bond acceptors (Lipinski definition) is 7. The summed E-state index contributed by atoms with van der Waals surface area (Å²) in [7, 11) is 2.01. The van der Waals surface area contributed by atoms with Gasteiger partial charge in [0.05, 0.1) is 17.4 Å². The van der Waals surface area contributed by atoms with Crippen molar-refractivity contribution in [3.8, 4) is 0 Å². The van der Waals surface area contributed by atoms with Gasteiger partial charge >= 0.3 is 6.09 Å². The Morgan fingerprint density at radius 2 is 2.00 bits per heavy atom. The van der Waals surface area contributed by atoms with Crippen LogP contribution in [-0.4, -0.2) is 65.8 Å². The number of rotatable bonds is 2. The Hall–Kier alpha value is -2.35. The number of piperazine rings is 1. The Bertz CT molecular complexity index is 725. The maximum atomic E-state index is 12.7. The van der Waals surface area contributed by atoms with Gasteiger partial charge in [-0.15, -0.1) is 0 Å². The molecule has 0 spiro atoms. The quantitative estimate of drug-likeness (QED) is 0.480. The number of hydrogen-bond donors (Lipinski definition) is 2. The van der Waals surface area contributed by atoms with Gasteiger partial charge in [-0.05, 0) is 14.0 Å².